The van der Waals surface area contributed by atoms with Crippen molar-refractivity contribution in [3.05, 3.63) is 35.4 Å². The van der Waals surface area contributed by atoms with E-state index in [1.54, 1.807) is 13.0 Å². The Balaban J connectivity index is 1.57. The van der Waals surface area contributed by atoms with Crippen LogP contribution in [0.2, 0.25) is 0 Å². The summed E-state index contributed by atoms with van der Waals surface area (Å²) in [5, 5.41) is 6.59. The second-order valence-corrected chi connectivity index (χ2v) is 6.78. The molecule has 2 aliphatic rings. The number of hydrogen-bond acceptors (Lipinski definition) is 3. The van der Waals surface area contributed by atoms with Crippen LogP contribution >= 0.6 is 0 Å². The molecule has 1 aromatic carbocycles. The summed E-state index contributed by atoms with van der Waals surface area (Å²) in [4.78, 5) is 11.1. The Morgan fingerprint density at radius 1 is 1.08 bits per heavy atom. The number of benzene rings is 1. The Labute approximate surface area is 141 Å². The van der Waals surface area contributed by atoms with Crippen LogP contribution in [0.1, 0.15) is 50.7 Å². The highest BCUT2D eigenvalue weighted by Crippen LogP contribution is 2.31. The molecule has 1 saturated carbocycles. The van der Waals surface area contributed by atoms with E-state index in [2.05, 4.69) is 10.6 Å². The van der Waals surface area contributed by atoms with E-state index >= 15 is 0 Å². The molecular weight excluding hydrogens is 314 g/mol. The largest absolute Gasteiger partial charge is 0.372 e. The average molecular weight is 338 g/mol. The lowest BCUT2D eigenvalue weighted by Crippen LogP contribution is -2.45. The molecule has 1 saturated heterocycles. The van der Waals surface area contributed by atoms with Gasteiger partial charge in [-0.05, 0) is 49.8 Å². The van der Waals surface area contributed by atoms with Gasteiger partial charge in [0.2, 0.25) is 5.91 Å². The molecule has 1 aliphatic carbocycles. The summed E-state index contributed by atoms with van der Waals surface area (Å²) in [5.74, 6) is -1.65. The minimum absolute atomic E-state index is 0.0222. The number of nitrogens with one attached hydrogen (secondary N) is 2. The molecule has 3 rings (SSSR count). The molecule has 2 atom stereocenters. The zero-order valence-corrected chi connectivity index (χ0v) is 13.9. The number of hydrogen-bond donors (Lipinski definition) is 2. The number of amides is 1. The van der Waals surface area contributed by atoms with Gasteiger partial charge in [0.05, 0.1) is 6.10 Å². The van der Waals surface area contributed by atoms with Crippen LogP contribution in [-0.2, 0) is 9.53 Å². The summed E-state index contributed by atoms with van der Waals surface area (Å²) < 4.78 is 32.4. The molecule has 24 heavy (non-hydrogen) atoms. The predicted molar refractivity (Wildman–Crippen MR) is 86.5 cm³/mol. The zero-order chi connectivity index (χ0) is 17.1. The second kappa shape index (κ2) is 7.57. The molecule has 1 aliphatic heterocycles. The molecule has 132 valence electrons. The summed E-state index contributed by atoms with van der Waals surface area (Å²) in [5.41, 5.74) is 0.677. The van der Waals surface area contributed by atoms with Crippen LogP contribution < -0.4 is 10.6 Å². The SMILES string of the molecule is CC(=O)NC1CCC(NC2CCOC2c2ccc(F)c(F)c2)CC1. The molecular formula is C18H24F2N2O2. The summed E-state index contributed by atoms with van der Waals surface area (Å²) in [6.07, 6.45) is 4.52. The third-order valence-electron chi connectivity index (χ3n) is 4.95. The molecule has 0 radical (unpaired) electrons. The predicted octanol–water partition coefficient (Wildman–Crippen LogP) is 2.83. The summed E-state index contributed by atoms with van der Waals surface area (Å²) in [7, 11) is 0. The lowest BCUT2D eigenvalue weighted by atomic mass is 9.89. The summed E-state index contributed by atoms with van der Waals surface area (Å²) in [6, 6.07) is 4.72. The van der Waals surface area contributed by atoms with Gasteiger partial charge in [-0.25, -0.2) is 8.78 Å². The maximum absolute atomic E-state index is 13.5. The van der Waals surface area contributed by atoms with Crippen molar-refractivity contribution in [1.82, 2.24) is 10.6 Å². The van der Waals surface area contributed by atoms with E-state index in [-0.39, 0.29) is 24.1 Å². The molecule has 1 amide bonds. The van der Waals surface area contributed by atoms with Crippen LogP contribution in [0.4, 0.5) is 8.78 Å². The third-order valence-corrected chi connectivity index (χ3v) is 4.95. The smallest absolute Gasteiger partial charge is 0.217 e. The van der Waals surface area contributed by atoms with Gasteiger partial charge >= 0.3 is 0 Å². The normalized spacial score (nSPS) is 30.3. The fourth-order valence-corrected chi connectivity index (χ4v) is 3.77. The van der Waals surface area contributed by atoms with Crippen molar-refractivity contribution in [3.8, 4) is 0 Å². The van der Waals surface area contributed by atoms with Crippen LogP contribution in [0.15, 0.2) is 18.2 Å². The van der Waals surface area contributed by atoms with Crippen LogP contribution in [0.3, 0.4) is 0 Å². The van der Waals surface area contributed by atoms with E-state index in [9.17, 15) is 13.6 Å². The molecule has 0 spiro atoms. The highest BCUT2D eigenvalue weighted by atomic mass is 19.2. The van der Waals surface area contributed by atoms with Gasteiger partial charge in [-0.3, -0.25) is 4.79 Å². The quantitative estimate of drug-likeness (QED) is 0.888. The van der Waals surface area contributed by atoms with Gasteiger partial charge in [-0.1, -0.05) is 6.07 Å². The monoisotopic (exact) mass is 338 g/mol. The van der Waals surface area contributed by atoms with E-state index < -0.39 is 11.6 Å². The first-order chi connectivity index (χ1) is 11.5. The van der Waals surface area contributed by atoms with Crippen LogP contribution in [0.25, 0.3) is 0 Å². The molecule has 0 bridgehead atoms. The van der Waals surface area contributed by atoms with Gasteiger partial charge in [0.15, 0.2) is 11.6 Å². The second-order valence-electron chi connectivity index (χ2n) is 6.78. The lowest BCUT2D eigenvalue weighted by Gasteiger charge is -2.32. The number of ether oxygens (including phenoxy) is 1. The van der Waals surface area contributed by atoms with Gasteiger partial charge in [0.1, 0.15) is 0 Å². The highest BCUT2D eigenvalue weighted by molar-refractivity contribution is 5.73. The fourth-order valence-electron chi connectivity index (χ4n) is 3.77. The van der Waals surface area contributed by atoms with E-state index in [1.807, 2.05) is 0 Å². The Morgan fingerprint density at radius 3 is 2.46 bits per heavy atom. The average Bonchev–Trinajstić information content (AvgIpc) is 2.99. The Bertz CT molecular complexity index is 588. The van der Waals surface area contributed by atoms with E-state index in [4.69, 9.17) is 4.74 Å². The molecule has 0 aromatic heterocycles. The van der Waals surface area contributed by atoms with Gasteiger partial charge in [-0.2, -0.15) is 0 Å². The van der Waals surface area contributed by atoms with Crippen molar-refractivity contribution in [2.75, 3.05) is 6.61 Å². The Morgan fingerprint density at radius 2 is 1.79 bits per heavy atom. The number of rotatable bonds is 4. The summed E-state index contributed by atoms with van der Waals surface area (Å²) in [6.45, 7) is 2.16. The minimum Gasteiger partial charge on any atom is -0.372 e. The van der Waals surface area contributed by atoms with Crippen molar-refractivity contribution in [1.29, 1.82) is 0 Å². The third kappa shape index (κ3) is 4.11. The zero-order valence-electron chi connectivity index (χ0n) is 13.9. The number of halogens is 2. The maximum atomic E-state index is 13.5. The van der Waals surface area contributed by atoms with Gasteiger partial charge in [0.25, 0.3) is 0 Å². The standard InChI is InChI=1S/C18H24F2N2O2/c1-11(23)21-13-3-5-14(6-4-13)22-17-8-9-24-18(17)12-2-7-15(19)16(20)10-12/h2,7,10,13-14,17-18,22H,3-6,8-9H2,1H3,(H,21,23). The van der Waals surface area contributed by atoms with Crippen molar-refractivity contribution < 1.29 is 18.3 Å². The first kappa shape index (κ1) is 17.3. The molecule has 6 heteroatoms. The van der Waals surface area contributed by atoms with Crippen molar-refractivity contribution >= 4 is 5.91 Å². The topological polar surface area (TPSA) is 50.4 Å². The van der Waals surface area contributed by atoms with Crippen molar-refractivity contribution in [3.63, 3.8) is 0 Å². The van der Waals surface area contributed by atoms with E-state index in [0.29, 0.717) is 18.2 Å². The highest BCUT2D eigenvalue weighted by Gasteiger charge is 2.33. The van der Waals surface area contributed by atoms with Crippen LogP contribution in [-0.4, -0.2) is 30.6 Å². The number of carbonyl (C=O) groups is 1. The lowest BCUT2D eigenvalue weighted by molar-refractivity contribution is -0.119. The van der Waals surface area contributed by atoms with Gasteiger partial charge in [0, 0.05) is 31.7 Å². The maximum Gasteiger partial charge on any atom is 0.217 e. The van der Waals surface area contributed by atoms with Gasteiger partial charge in [-0.15, -0.1) is 0 Å². The van der Waals surface area contributed by atoms with Crippen LogP contribution in [0, 0.1) is 11.6 Å². The number of carbonyl (C=O) groups excluding carboxylic acids is 1. The van der Waals surface area contributed by atoms with E-state index in [1.165, 1.54) is 6.07 Å². The van der Waals surface area contributed by atoms with Crippen LogP contribution in [0.5, 0.6) is 0 Å². The molecule has 2 fully saturated rings. The van der Waals surface area contributed by atoms with Crippen molar-refractivity contribution in [2.45, 2.75) is 63.3 Å². The fraction of sp³-hybridized carbons (Fsp3) is 0.611. The molecule has 2 unspecified atom stereocenters. The first-order valence-electron chi connectivity index (χ1n) is 8.62. The van der Waals surface area contributed by atoms with Gasteiger partial charge < -0.3 is 15.4 Å². The molecule has 1 heterocycles. The minimum atomic E-state index is -0.836. The Hall–Kier alpha value is -1.53. The molecule has 4 nitrogen and oxygen atoms in total. The molecule has 1 aromatic rings. The summed E-state index contributed by atoms with van der Waals surface area (Å²) >= 11 is 0. The Kier molecular flexibility index (Phi) is 5.46. The van der Waals surface area contributed by atoms with E-state index in [0.717, 1.165) is 38.2 Å². The van der Waals surface area contributed by atoms with Crippen molar-refractivity contribution in [2.24, 2.45) is 0 Å². The first-order valence-corrected chi connectivity index (χ1v) is 8.62. The molecule has 2 N–H and O–H groups in total.